The molecule has 0 aliphatic heterocycles. The minimum Gasteiger partial charge on any atom is -0.366 e. The van der Waals surface area contributed by atoms with Gasteiger partial charge in [-0.3, -0.25) is 0 Å². The van der Waals surface area contributed by atoms with Gasteiger partial charge in [0.05, 0.1) is 12.2 Å². The van der Waals surface area contributed by atoms with E-state index in [2.05, 4.69) is 0 Å². The Labute approximate surface area is 110 Å². The van der Waals surface area contributed by atoms with Crippen molar-refractivity contribution in [3.05, 3.63) is 52.0 Å². The number of halogens is 1. The molecule has 1 heterocycles. The molecule has 0 aliphatic rings. The van der Waals surface area contributed by atoms with Crippen molar-refractivity contribution in [3.63, 3.8) is 0 Å². The molecule has 1 aromatic heterocycles. The second kappa shape index (κ2) is 5.65. The smallest absolute Gasteiger partial charge is 0.143 e. The summed E-state index contributed by atoms with van der Waals surface area (Å²) in [5.41, 5.74) is 0.782. The molecular weight excluding hydrogens is 247 g/mol. The van der Waals surface area contributed by atoms with E-state index < -0.39 is 5.82 Å². The Kier molecular flexibility index (Phi) is 3.96. The maximum absolute atomic E-state index is 13.6. The SMILES string of the molecule is CCN(Cc1cccs1)c1cccc(F)c1C#N. The minimum atomic E-state index is -0.459. The number of anilines is 1. The summed E-state index contributed by atoms with van der Waals surface area (Å²) in [5.74, 6) is -0.459. The molecule has 0 saturated carbocycles. The van der Waals surface area contributed by atoms with Crippen LogP contribution in [-0.4, -0.2) is 6.54 Å². The summed E-state index contributed by atoms with van der Waals surface area (Å²) < 4.78 is 13.6. The molecule has 0 bridgehead atoms. The van der Waals surface area contributed by atoms with Crippen molar-refractivity contribution in [2.24, 2.45) is 0 Å². The molecule has 2 nitrogen and oxygen atoms in total. The van der Waals surface area contributed by atoms with Gasteiger partial charge in [-0.05, 0) is 30.5 Å². The van der Waals surface area contributed by atoms with Crippen molar-refractivity contribution in [1.29, 1.82) is 5.26 Å². The third kappa shape index (κ3) is 2.52. The molecule has 92 valence electrons. The summed E-state index contributed by atoms with van der Waals surface area (Å²) in [7, 11) is 0. The molecule has 0 saturated heterocycles. The first-order valence-electron chi connectivity index (χ1n) is 5.72. The van der Waals surface area contributed by atoms with Gasteiger partial charge in [-0.2, -0.15) is 5.26 Å². The fourth-order valence-corrected chi connectivity index (χ4v) is 2.56. The van der Waals surface area contributed by atoms with Gasteiger partial charge in [-0.25, -0.2) is 4.39 Å². The van der Waals surface area contributed by atoms with Crippen LogP contribution < -0.4 is 4.90 Å². The van der Waals surface area contributed by atoms with Crippen LogP contribution in [0.15, 0.2) is 35.7 Å². The summed E-state index contributed by atoms with van der Waals surface area (Å²) in [4.78, 5) is 3.21. The van der Waals surface area contributed by atoms with E-state index >= 15 is 0 Å². The van der Waals surface area contributed by atoms with Crippen molar-refractivity contribution < 1.29 is 4.39 Å². The highest BCUT2D eigenvalue weighted by Crippen LogP contribution is 2.25. The Bertz CT molecular complexity index is 558. The van der Waals surface area contributed by atoms with Gasteiger partial charge in [0, 0.05) is 11.4 Å². The summed E-state index contributed by atoms with van der Waals surface area (Å²) in [5, 5.41) is 11.1. The standard InChI is InChI=1S/C14H13FN2S/c1-2-17(10-11-5-4-8-18-11)14-7-3-6-13(15)12(14)9-16/h3-8H,2,10H2,1H3. The largest absolute Gasteiger partial charge is 0.366 e. The molecule has 18 heavy (non-hydrogen) atoms. The maximum Gasteiger partial charge on any atom is 0.143 e. The predicted octanol–water partition coefficient (Wildman–Crippen LogP) is 3.79. The van der Waals surface area contributed by atoms with E-state index in [1.807, 2.05) is 35.4 Å². The quantitative estimate of drug-likeness (QED) is 0.836. The molecule has 0 unspecified atom stereocenters. The van der Waals surface area contributed by atoms with Crippen molar-refractivity contribution in [1.82, 2.24) is 0 Å². The first-order chi connectivity index (χ1) is 8.76. The number of rotatable bonds is 4. The number of thiophene rings is 1. The van der Waals surface area contributed by atoms with Gasteiger partial charge >= 0.3 is 0 Å². The molecule has 0 N–H and O–H groups in total. The molecule has 0 spiro atoms. The first-order valence-corrected chi connectivity index (χ1v) is 6.60. The van der Waals surface area contributed by atoms with Gasteiger partial charge in [-0.1, -0.05) is 12.1 Å². The van der Waals surface area contributed by atoms with Crippen LogP contribution >= 0.6 is 11.3 Å². The third-order valence-electron chi connectivity index (χ3n) is 2.75. The Morgan fingerprint density at radius 1 is 1.33 bits per heavy atom. The van der Waals surface area contributed by atoms with Crippen molar-refractivity contribution >= 4 is 17.0 Å². The highest BCUT2D eigenvalue weighted by atomic mass is 32.1. The van der Waals surface area contributed by atoms with Crippen LogP contribution in [0.5, 0.6) is 0 Å². The lowest BCUT2D eigenvalue weighted by molar-refractivity contribution is 0.622. The highest BCUT2D eigenvalue weighted by Gasteiger charge is 2.13. The molecule has 0 amide bonds. The number of benzene rings is 1. The first kappa shape index (κ1) is 12.6. The molecule has 2 aromatic rings. The number of nitriles is 1. The molecule has 2 rings (SSSR count). The fraction of sp³-hybridized carbons (Fsp3) is 0.214. The van der Waals surface area contributed by atoms with Gasteiger partial charge in [0.2, 0.25) is 0 Å². The minimum absolute atomic E-state index is 0.121. The van der Waals surface area contributed by atoms with Crippen LogP contribution in [0.25, 0.3) is 0 Å². The topological polar surface area (TPSA) is 27.0 Å². The van der Waals surface area contributed by atoms with Crippen LogP contribution in [0.4, 0.5) is 10.1 Å². The predicted molar refractivity (Wildman–Crippen MR) is 72.2 cm³/mol. The Balaban J connectivity index is 2.33. The molecule has 1 aromatic carbocycles. The van der Waals surface area contributed by atoms with Gasteiger partial charge in [0.25, 0.3) is 0 Å². The lowest BCUT2D eigenvalue weighted by atomic mass is 10.1. The van der Waals surface area contributed by atoms with E-state index in [-0.39, 0.29) is 5.56 Å². The zero-order valence-electron chi connectivity index (χ0n) is 10.1. The Morgan fingerprint density at radius 2 is 2.17 bits per heavy atom. The third-order valence-corrected chi connectivity index (χ3v) is 3.61. The van der Waals surface area contributed by atoms with E-state index in [1.54, 1.807) is 23.5 Å². The molecule has 0 radical (unpaired) electrons. The van der Waals surface area contributed by atoms with Crippen LogP contribution in [0.3, 0.4) is 0 Å². The second-order valence-electron chi connectivity index (χ2n) is 3.84. The van der Waals surface area contributed by atoms with E-state index in [1.165, 1.54) is 10.9 Å². The van der Waals surface area contributed by atoms with Crippen molar-refractivity contribution in [2.75, 3.05) is 11.4 Å². The lowest BCUT2D eigenvalue weighted by Crippen LogP contribution is -2.22. The van der Waals surface area contributed by atoms with E-state index in [0.29, 0.717) is 12.2 Å². The van der Waals surface area contributed by atoms with Gasteiger partial charge in [-0.15, -0.1) is 11.3 Å². The van der Waals surface area contributed by atoms with Crippen LogP contribution in [0.2, 0.25) is 0 Å². The zero-order chi connectivity index (χ0) is 13.0. The Morgan fingerprint density at radius 3 is 2.78 bits per heavy atom. The lowest BCUT2D eigenvalue weighted by Gasteiger charge is -2.23. The molecule has 4 heteroatoms. The van der Waals surface area contributed by atoms with Crippen LogP contribution in [0.1, 0.15) is 17.4 Å². The molecule has 0 fully saturated rings. The summed E-state index contributed by atoms with van der Waals surface area (Å²) >= 11 is 1.66. The number of nitrogens with zero attached hydrogens (tertiary/aromatic N) is 2. The van der Waals surface area contributed by atoms with E-state index in [0.717, 1.165) is 6.54 Å². The van der Waals surface area contributed by atoms with Crippen LogP contribution in [-0.2, 0) is 6.54 Å². The van der Waals surface area contributed by atoms with Gasteiger partial charge in [0.15, 0.2) is 0 Å². The maximum atomic E-state index is 13.6. The van der Waals surface area contributed by atoms with Crippen LogP contribution in [0, 0.1) is 17.1 Å². The normalized spacial score (nSPS) is 10.1. The summed E-state index contributed by atoms with van der Waals surface area (Å²) in [6.45, 7) is 3.43. The van der Waals surface area contributed by atoms with Crippen molar-refractivity contribution in [2.45, 2.75) is 13.5 Å². The van der Waals surface area contributed by atoms with Gasteiger partial charge in [0.1, 0.15) is 17.4 Å². The van der Waals surface area contributed by atoms with Gasteiger partial charge < -0.3 is 4.90 Å². The average molecular weight is 260 g/mol. The second-order valence-corrected chi connectivity index (χ2v) is 4.87. The van der Waals surface area contributed by atoms with E-state index in [4.69, 9.17) is 5.26 Å². The Hall–Kier alpha value is -1.86. The average Bonchev–Trinajstić information content (AvgIpc) is 2.88. The highest BCUT2D eigenvalue weighted by molar-refractivity contribution is 7.09. The zero-order valence-corrected chi connectivity index (χ0v) is 10.9. The van der Waals surface area contributed by atoms with E-state index in [9.17, 15) is 4.39 Å². The number of hydrogen-bond acceptors (Lipinski definition) is 3. The van der Waals surface area contributed by atoms with Crippen molar-refractivity contribution in [3.8, 4) is 6.07 Å². The summed E-state index contributed by atoms with van der Waals surface area (Å²) in [6.07, 6.45) is 0. The summed E-state index contributed by atoms with van der Waals surface area (Å²) in [6, 6.07) is 10.7. The monoisotopic (exact) mass is 260 g/mol. The molecular formula is C14H13FN2S. The fourth-order valence-electron chi connectivity index (χ4n) is 1.84. The molecule has 0 aliphatic carbocycles. The molecule has 0 atom stereocenters. The number of hydrogen-bond donors (Lipinski definition) is 0.